The van der Waals surface area contributed by atoms with Crippen molar-refractivity contribution in [1.29, 1.82) is 0 Å². The van der Waals surface area contributed by atoms with E-state index in [0.717, 1.165) is 11.1 Å². The fourth-order valence-corrected chi connectivity index (χ4v) is 4.45. The molecule has 0 spiro atoms. The van der Waals surface area contributed by atoms with Crippen LogP contribution in [0.15, 0.2) is 66.7 Å². The van der Waals surface area contributed by atoms with Gasteiger partial charge in [-0.2, -0.15) is 0 Å². The summed E-state index contributed by atoms with van der Waals surface area (Å²) in [5.41, 5.74) is 5.29. The number of halogens is 2. The van der Waals surface area contributed by atoms with Gasteiger partial charge in [0, 0.05) is 12.5 Å². The van der Waals surface area contributed by atoms with Gasteiger partial charge in [0.15, 0.2) is 0 Å². The Morgan fingerprint density at radius 3 is 2.23 bits per heavy atom. The molecule has 30 heavy (non-hydrogen) atoms. The van der Waals surface area contributed by atoms with Gasteiger partial charge >= 0.3 is 6.09 Å². The maximum Gasteiger partial charge on any atom is 0.407 e. The molecule has 4 rings (SSSR count). The molecule has 1 amide bonds. The van der Waals surface area contributed by atoms with Gasteiger partial charge in [-0.05, 0) is 40.3 Å². The largest absolute Gasteiger partial charge is 0.449 e. The average molecular weight is 442 g/mol. The van der Waals surface area contributed by atoms with E-state index in [-0.39, 0.29) is 19.1 Å². The topological polar surface area (TPSA) is 58.6 Å². The van der Waals surface area contributed by atoms with Crippen molar-refractivity contribution < 1.29 is 14.6 Å². The van der Waals surface area contributed by atoms with Crippen LogP contribution in [0.3, 0.4) is 0 Å². The quantitative estimate of drug-likeness (QED) is 0.496. The van der Waals surface area contributed by atoms with E-state index < -0.39 is 12.1 Å². The summed E-state index contributed by atoms with van der Waals surface area (Å²) in [6.07, 6.45) is -0.268. The number of hydrogen-bond donors (Lipinski definition) is 2. The Balaban J connectivity index is 1.49. The smallest absolute Gasteiger partial charge is 0.407 e. The van der Waals surface area contributed by atoms with Crippen LogP contribution in [-0.4, -0.2) is 24.4 Å². The SMILES string of the molecule is O=C(NC(CCO)c1cccc(Cl)c1Cl)OCC1c2ccccc2-c2ccccc21. The molecule has 1 aliphatic carbocycles. The van der Waals surface area contributed by atoms with Crippen molar-refractivity contribution in [2.45, 2.75) is 18.4 Å². The number of carbonyl (C=O) groups excluding carboxylic acids is 1. The molecule has 0 aliphatic heterocycles. The standard InChI is InChI=1S/C24H21Cl2NO3/c25-21-11-5-10-19(23(21)26)22(12-13-28)27-24(29)30-14-20-17-8-3-1-6-15(17)16-7-2-4-9-18(16)20/h1-11,20,22,28H,12-14H2,(H,27,29). The minimum Gasteiger partial charge on any atom is -0.449 e. The molecule has 1 atom stereocenters. The van der Waals surface area contributed by atoms with Crippen molar-refractivity contribution in [3.63, 3.8) is 0 Å². The molecule has 0 aromatic heterocycles. The summed E-state index contributed by atoms with van der Waals surface area (Å²) in [4.78, 5) is 12.6. The zero-order chi connectivity index (χ0) is 21.1. The van der Waals surface area contributed by atoms with E-state index in [1.807, 2.05) is 24.3 Å². The zero-order valence-corrected chi connectivity index (χ0v) is 17.7. The summed E-state index contributed by atoms with van der Waals surface area (Å²) in [6, 6.07) is 21.0. The third-order valence-corrected chi connectivity index (χ3v) is 6.24. The van der Waals surface area contributed by atoms with Crippen molar-refractivity contribution >= 4 is 29.3 Å². The van der Waals surface area contributed by atoms with Crippen LogP contribution in [0.25, 0.3) is 11.1 Å². The van der Waals surface area contributed by atoms with E-state index in [4.69, 9.17) is 27.9 Å². The van der Waals surface area contributed by atoms with Gasteiger partial charge in [-0.3, -0.25) is 0 Å². The molecule has 3 aromatic carbocycles. The fourth-order valence-electron chi connectivity index (χ4n) is 4.01. The van der Waals surface area contributed by atoms with Crippen LogP contribution in [0.4, 0.5) is 4.79 Å². The second-order valence-electron chi connectivity index (χ2n) is 7.18. The highest BCUT2D eigenvalue weighted by molar-refractivity contribution is 6.42. The Labute approximate surface area is 185 Å². The fraction of sp³-hybridized carbons (Fsp3) is 0.208. The highest BCUT2D eigenvalue weighted by atomic mass is 35.5. The predicted molar refractivity (Wildman–Crippen MR) is 119 cm³/mol. The monoisotopic (exact) mass is 441 g/mol. The third-order valence-electron chi connectivity index (χ3n) is 5.41. The number of benzene rings is 3. The summed E-state index contributed by atoms with van der Waals surface area (Å²) >= 11 is 12.4. The maximum atomic E-state index is 12.6. The Bertz CT molecular complexity index is 1020. The van der Waals surface area contributed by atoms with Crippen molar-refractivity contribution in [2.24, 2.45) is 0 Å². The second kappa shape index (κ2) is 9.09. The average Bonchev–Trinajstić information content (AvgIpc) is 3.08. The summed E-state index contributed by atoms with van der Waals surface area (Å²) in [5, 5.41) is 13.0. The lowest BCUT2D eigenvalue weighted by atomic mass is 9.98. The van der Waals surface area contributed by atoms with Crippen molar-refractivity contribution in [2.75, 3.05) is 13.2 Å². The van der Waals surface area contributed by atoms with Gasteiger partial charge in [-0.25, -0.2) is 4.79 Å². The lowest BCUT2D eigenvalue weighted by Gasteiger charge is -2.21. The van der Waals surface area contributed by atoms with Gasteiger partial charge in [-0.15, -0.1) is 0 Å². The lowest BCUT2D eigenvalue weighted by Crippen LogP contribution is -2.31. The van der Waals surface area contributed by atoms with E-state index in [9.17, 15) is 9.90 Å². The second-order valence-corrected chi connectivity index (χ2v) is 7.96. The number of aliphatic hydroxyl groups excluding tert-OH is 1. The van der Waals surface area contributed by atoms with E-state index in [1.165, 1.54) is 11.1 Å². The van der Waals surface area contributed by atoms with E-state index in [0.29, 0.717) is 22.0 Å². The minimum absolute atomic E-state index is 0.0193. The number of carbonyl (C=O) groups is 1. The molecule has 1 unspecified atom stereocenters. The van der Waals surface area contributed by atoms with Crippen LogP contribution >= 0.6 is 23.2 Å². The van der Waals surface area contributed by atoms with E-state index in [2.05, 4.69) is 29.6 Å². The van der Waals surface area contributed by atoms with Crippen LogP contribution in [0, 0.1) is 0 Å². The highest BCUT2D eigenvalue weighted by Crippen LogP contribution is 2.44. The molecular weight excluding hydrogens is 421 g/mol. The molecule has 0 heterocycles. The first kappa shape index (κ1) is 20.7. The maximum absolute atomic E-state index is 12.6. The number of nitrogens with one attached hydrogen (secondary N) is 1. The number of rotatable bonds is 6. The van der Waals surface area contributed by atoms with Gasteiger partial charge in [0.2, 0.25) is 0 Å². The summed E-state index contributed by atoms with van der Waals surface area (Å²) in [6.45, 7) is 0.103. The van der Waals surface area contributed by atoms with Gasteiger partial charge in [0.05, 0.1) is 16.1 Å². The zero-order valence-electron chi connectivity index (χ0n) is 16.1. The van der Waals surface area contributed by atoms with Crippen LogP contribution in [0.2, 0.25) is 10.0 Å². The molecular formula is C24H21Cl2NO3. The Morgan fingerprint density at radius 2 is 1.60 bits per heavy atom. The van der Waals surface area contributed by atoms with Gasteiger partial charge < -0.3 is 15.2 Å². The molecule has 154 valence electrons. The first-order valence-electron chi connectivity index (χ1n) is 9.76. The van der Waals surface area contributed by atoms with E-state index >= 15 is 0 Å². The molecule has 0 saturated carbocycles. The van der Waals surface area contributed by atoms with Crippen LogP contribution < -0.4 is 5.32 Å². The van der Waals surface area contributed by atoms with Crippen LogP contribution in [-0.2, 0) is 4.74 Å². The summed E-state index contributed by atoms with van der Waals surface area (Å²) < 4.78 is 5.60. The number of ether oxygens (including phenoxy) is 1. The normalized spacial score (nSPS) is 13.4. The molecule has 6 heteroatoms. The first-order chi connectivity index (χ1) is 14.6. The first-order valence-corrected chi connectivity index (χ1v) is 10.5. The number of aliphatic hydroxyl groups is 1. The molecule has 3 aromatic rings. The number of alkyl carbamates (subject to hydrolysis) is 1. The Morgan fingerprint density at radius 1 is 0.967 bits per heavy atom. The molecule has 4 nitrogen and oxygen atoms in total. The van der Waals surface area contributed by atoms with Gasteiger partial charge in [0.25, 0.3) is 0 Å². The van der Waals surface area contributed by atoms with Gasteiger partial charge in [0.1, 0.15) is 6.61 Å². The predicted octanol–water partition coefficient (Wildman–Crippen LogP) is 5.96. The van der Waals surface area contributed by atoms with Crippen LogP contribution in [0.1, 0.15) is 35.1 Å². The number of hydrogen-bond acceptors (Lipinski definition) is 3. The number of amides is 1. The summed E-state index contributed by atoms with van der Waals surface area (Å²) in [7, 11) is 0. The number of fused-ring (bicyclic) bond motifs is 3. The van der Waals surface area contributed by atoms with Crippen molar-refractivity contribution in [3.8, 4) is 11.1 Å². The summed E-state index contributed by atoms with van der Waals surface area (Å²) in [5.74, 6) is -0.0193. The third kappa shape index (κ3) is 4.04. The van der Waals surface area contributed by atoms with Crippen molar-refractivity contribution in [1.82, 2.24) is 5.32 Å². The van der Waals surface area contributed by atoms with Crippen molar-refractivity contribution in [3.05, 3.63) is 93.5 Å². The van der Waals surface area contributed by atoms with Gasteiger partial charge in [-0.1, -0.05) is 83.9 Å². The minimum atomic E-state index is -0.564. The van der Waals surface area contributed by atoms with Crippen LogP contribution in [0.5, 0.6) is 0 Å². The van der Waals surface area contributed by atoms with E-state index in [1.54, 1.807) is 18.2 Å². The Hall–Kier alpha value is -2.53. The molecule has 0 bridgehead atoms. The molecule has 0 saturated heterocycles. The molecule has 2 N–H and O–H groups in total. The molecule has 0 radical (unpaired) electrons. The molecule has 1 aliphatic rings. The Kier molecular flexibility index (Phi) is 6.28. The molecule has 0 fully saturated rings. The lowest BCUT2D eigenvalue weighted by molar-refractivity contribution is 0.136. The highest BCUT2D eigenvalue weighted by Gasteiger charge is 2.29.